The maximum Gasteiger partial charge on any atom is 0.220 e. The van der Waals surface area contributed by atoms with Gasteiger partial charge in [0.2, 0.25) is 5.78 Å². The Hall–Kier alpha value is -5.96. The van der Waals surface area contributed by atoms with Crippen LogP contribution in [0.15, 0.2) is 170 Å². The van der Waals surface area contributed by atoms with Crippen molar-refractivity contribution in [1.29, 1.82) is 0 Å². The number of hydrogen-bond acceptors (Lipinski definition) is 2. The van der Waals surface area contributed by atoms with Crippen LogP contribution in [-0.4, -0.2) is 30.1 Å². The highest BCUT2D eigenvalue weighted by Crippen LogP contribution is 2.32. The van der Waals surface area contributed by atoms with Crippen LogP contribution >= 0.6 is 0 Å². The lowest BCUT2D eigenvalue weighted by molar-refractivity contribution is 0.490. The van der Waals surface area contributed by atoms with Crippen LogP contribution in [-0.2, 0) is 0 Å². The minimum Gasteiger partial charge on any atom is -0.458 e. The second kappa shape index (κ2) is 11.5. The van der Waals surface area contributed by atoms with Crippen molar-refractivity contribution >= 4 is 75.1 Å². The molecule has 10 rings (SSSR count). The summed E-state index contributed by atoms with van der Waals surface area (Å²) in [5, 5.41) is 7.90. The van der Waals surface area contributed by atoms with Crippen LogP contribution in [0, 0.1) is 6.92 Å². The lowest BCUT2D eigenvalue weighted by Crippen LogP contribution is -2.75. The average Bonchev–Trinajstić information content (AvgIpc) is 3.72. The van der Waals surface area contributed by atoms with E-state index in [4.69, 9.17) is 9.72 Å². The summed E-state index contributed by atoms with van der Waals surface area (Å²) in [5.74, 6) is 2.94. The molecular formula is C46H37N3OSi2. The predicted octanol–water partition coefficient (Wildman–Crippen LogP) is 7.05. The summed E-state index contributed by atoms with van der Waals surface area (Å²) in [7, 11) is -5.13. The van der Waals surface area contributed by atoms with Crippen molar-refractivity contribution < 1.29 is 4.74 Å². The van der Waals surface area contributed by atoms with E-state index in [2.05, 4.69) is 199 Å². The highest BCUT2D eigenvalue weighted by Gasteiger charge is 2.47. The number of hydrogen-bond donors (Lipinski definition) is 0. The topological polar surface area (TPSA) is 31.5 Å². The van der Waals surface area contributed by atoms with Gasteiger partial charge in [-0.3, -0.25) is 8.97 Å². The summed E-state index contributed by atoms with van der Waals surface area (Å²) in [6, 6.07) is 62.3. The van der Waals surface area contributed by atoms with Gasteiger partial charge in [0.1, 0.15) is 19.6 Å². The molecule has 0 bridgehead atoms. The minimum atomic E-state index is -3.03. The Morgan fingerprint density at radius 1 is 0.558 bits per heavy atom. The first-order valence-corrected chi connectivity index (χ1v) is 23.0. The molecule has 0 saturated heterocycles. The standard InChI is InChI=1S/C46H37N3OSi2/c1-32-17-14-26-39-44(32)47-46-48(37-24-10-11-25-38(37)49(39)46)33-18-15-23-36(31-33)52(34-19-6-4-7-20-34,35-21-8-5-9-22-35)43-30-16-29-42-45(43)50-40-27-12-13-28-41(40)51(42,2)3/h4-31H,1-3H3. The molecule has 0 unspecified atom stereocenters. The third-order valence-corrected chi connectivity index (χ3v) is 19.5. The largest absolute Gasteiger partial charge is 0.458 e. The Labute approximate surface area is 305 Å². The highest BCUT2D eigenvalue weighted by molar-refractivity contribution is 7.20. The molecule has 1 aliphatic heterocycles. The van der Waals surface area contributed by atoms with E-state index in [1.807, 2.05) is 0 Å². The van der Waals surface area contributed by atoms with Crippen LogP contribution in [0.1, 0.15) is 5.56 Å². The second-order valence-corrected chi connectivity index (χ2v) is 22.5. The molecule has 250 valence electrons. The summed E-state index contributed by atoms with van der Waals surface area (Å²) in [5.41, 5.74) is 6.69. The number of fused-ring (bicyclic) bond motifs is 7. The van der Waals surface area contributed by atoms with Gasteiger partial charge < -0.3 is 4.74 Å². The van der Waals surface area contributed by atoms with E-state index in [-0.39, 0.29) is 0 Å². The van der Waals surface area contributed by atoms with E-state index < -0.39 is 16.1 Å². The molecule has 0 amide bonds. The zero-order valence-corrected chi connectivity index (χ0v) is 31.4. The zero-order valence-electron chi connectivity index (χ0n) is 29.4. The number of rotatable bonds is 5. The quantitative estimate of drug-likeness (QED) is 0.142. The Kier molecular flexibility index (Phi) is 6.84. The molecule has 0 N–H and O–H groups in total. The summed E-state index contributed by atoms with van der Waals surface area (Å²) in [6.07, 6.45) is 0. The van der Waals surface area contributed by atoms with Crippen molar-refractivity contribution in [1.82, 2.24) is 14.0 Å². The van der Waals surface area contributed by atoms with Crippen LogP contribution in [0.2, 0.25) is 13.1 Å². The molecule has 6 heteroatoms. The molecule has 0 spiro atoms. The molecule has 0 atom stereocenters. The van der Waals surface area contributed by atoms with Gasteiger partial charge in [-0.15, -0.1) is 0 Å². The van der Waals surface area contributed by atoms with E-state index in [1.54, 1.807) is 0 Å². The van der Waals surface area contributed by atoms with Gasteiger partial charge in [0.05, 0.1) is 22.1 Å². The van der Waals surface area contributed by atoms with Crippen molar-refractivity contribution in [2.24, 2.45) is 0 Å². The average molecular weight is 704 g/mol. The molecular weight excluding hydrogens is 667 g/mol. The SMILES string of the molecule is Cc1cccc2c1nc1n(-c3cccc([Si](c4ccccc4)(c4ccccc4)c4cccc5c4Oc4ccccc4[Si]5(C)C)c3)c3ccccc3n21. The van der Waals surface area contributed by atoms with Gasteiger partial charge in [0, 0.05) is 5.69 Å². The normalized spacial score (nSPS) is 13.6. The lowest BCUT2D eigenvalue weighted by atomic mass is 10.2. The third-order valence-electron chi connectivity index (χ3n) is 11.2. The Morgan fingerprint density at radius 3 is 1.92 bits per heavy atom. The summed E-state index contributed by atoms with van der Waals surface area (Å²) in [4.78, 5) is 5.31. The van der Waals surface area contributed by atoms with Gasteiger partial charge in [-0.1, -0.05) is 147 Å². The van der Waals surface area contributed by atoms with Crippen LogP contribution in [0.3, 0.4) is 0 Å². The van der Waals surface area contributed by atoms with Crippen LogP contribution in [0.4, 0.5) is 0 Å². The number of aryl methyl sites for hydroxylation is 1. The van der Waals surface area contributed by atoms with Crippen LogP contribution < -0.4 is 35.9 Å². The zero-order chi connectivity index (χ0) is 35.0. The number of imidazole rings is 2. The van der Waals surface area contributed by atoms with Crippen molar-refractivity contribution in [3.05, 3.63) is 175 Å². The fourth-order valence-electron chi connectivity index (χ4n) is 8.80. The van der Waals surface area contributed by atoms with E-state index in [1.165, 1.54) is 36.7 Å². The van der Waals surface area contributed by atoms with Gasteiger partial charge in [-0.05, 0) is 80.0 Å². The Balaban J connectivity index is 1.31. The van der Waals surface area contributed by atoms with Crippen molar-refractivity contribution in [3.63, 3.8) is 0 Å². The smallest absolute Gasteiger partial charge is 0.220 e. The first kappa shape index (κ1) is 30.8. The maximum absolute atomic E-state index is 7.13. The first-order chi connectivity index (χ1) is 25.5. The first-order valence-electron chi connectivity index (χ1n) is 18.0. The van der Waals surface area contributed by atoms with Crippen LogP contribution in [0.5, 0.6) is 11.5 Å². The molecule has 3 heterocycles. The van der Waals surface area contributed by atoms with Gasteiger partial charge >= 0.3 is 0 Å². The number of nitrogens with zero attached hydrogens (tertiary/aromatic N) is 3. The maximum atomic E-state index is 7.13. The lowest BCUT2D eigenvalue weighted by Gasteiger charge is -2.40. The Bertz CT molecular complexity index is 2780. The summed E-state index contributed by atoms with van der Waals surface area (Å²) in [6.45, 7) is 7.07. The number of para-hydroxylation sites is 5. The molecule has 7 aromatic carbocycles. The third kappa shape index (κ3) is 4.28. The number of ether oxygens (including phenoxy) is 1. The molecule has 0 saturated carbocycles. The molecule has 52 heavy (non-hydrogen) atoms. The molecule has 0 radical (unpaired) electrons. The van der Waals surface area contributed by atoms with Crippen molar-refractivity contribution in [2.75, 3.05) is 0 Å². The fourth-order valence-corrected chi connectivity index (χ4v) is 16.6. The molecule has 9 aromatic rings. The van der Waals surface area contributed by atoms with Crippen molar-refractivity contribution in [2.45, 2.75) is 20.0 Å². The summed E-state index contributed by atoms with van der Waals surface area (Å²) < 4.78 is 11.8. The monoisotopic (exact) mass is 703 g/mol. The number of aromatic nitrogens is 3. The predicted molar refractivity (Wildman–Crippen MR) is 221 cm³/mol. The van der Waals surface area contributed by atoms with Gasteiger partial charge in [0.25, 0.3) is 0 Å². The van der Waals surface area contributed by atoms with Gasteiger partial charge in [-0.25, -0.2) is 4.98 Å². The highest BCUT2D eigenvalue weighted by atomic mass is 28.3. The minimum absolute atomic E-state index is 0.916. The molecule has 0 fully saturated rings. The van der Waals surface area contributed by atoms with Gasteiger partial charge in [-0.2, -0.15) is 0 Å². The van der Waals surface area contributed by atoms with Crippen LogP contribution in [0.25, 0.3) is 33.5 Å². The van der Waals surface area contributed by atoms with E-state index in [0.717, 1.165) is 45.0 Å². The Morgan fingerprint density at radius 2 is 1.15 bits per heavy atom. The van der Waals surface area contributed by atoms with Gasteiger partial charge in [0.15, 0.2) is 8.07 Å². The summed E-state index contributed by atoms with van der Waals surface area (Å²) >= 11 is 0. The molecule has 2 aromatic heterocycles. The van der Waals surface area contributed by atoms with E-state index in [9.17, 15) is 0 Å². The molecule has 1 aliphatic rings. The van der Waals surface area contributed by atoms with E-state index in [0.29, 0.717) is 0 Å². The second-order valence-electron chi connectivity index (χ2n) is 14.5. The van der Waals surface area contributed by atoms with Crippen molar-refractivity contribution in [3.8, 4) is 17.2 Å². The van der Waals surface area contributed by atoms with E-state index >= 15 is 0 Å². The molecule has 4 nitrogen and oxygen atoms in total. The number of benzene rings is 7. The fraction of sp³-hybridized carbons (Fsp3) is 0.0652. The molecule has 0 aliphatic carbocycles.